The summed E-state index contributed by atoms with van der Waals surface area (Å²) in [5.41, 5.74) is -1.72. The second-order valence-electron chi connectivity index (χ2n) is 8.76. The quantitative estimate of drug-likeness (QED) is 0.0922. The molecule has 0 bridgehead atoms. The zero-order valence-corrected chi connectivity index (χ0v) is 20.7. The molecule has 0 unspecified atom stereocenters. The van der Waals surface area contributed by atoms with E-state index in [1.54, 1.807) is 12.4 Å². The molecule has 0 aliphatic rings. The van der Waals surface area contributed by atoms with Gasteiger partial charge >= 0.3 is 5.97 Å². The highest BCUT2D eigenvalue weighted by Crippen LogP contribution is 2.32. The number of rotatable bonds is 9. The summed E-state index contributed by atoms with van der Waals surface area (Å²) < 4.78 is 89.7. The molecule has 0 aliphatic heterocycles. The predicted molar refractivity (Wildman–Crippen MR) is 132 cm³/mol. The molecule has 0 spiro atoms. The van der Waals surface area contributed by atoms with Crippen LogP contribution in [0, 0.1) is 23.3 Å². The van der Waals surface area contributed by atoms with Crippen molar-refractivity contribution in [1.29, 1.82) is 0 Å². The molecule has 202 valence electrons. The summed E-state index contributed by atoms with van der Waals surface area (Å²) in [5, 5.41) is 0. The van der Waals surface area contributed by atoms with E-state index in [0.717, 1.165) is 67.6 Å². The maximum Gasteiger partial charge on any atom is 0.349 e. The van der Waals surface area contributed by atoms with E-state index < -0.39 is 52.4 Å². The first-order chi connectivity index (χ1) is 18.7. The van der Waals surface area contributed by atoms with E-state index in [9.17, 15) is 31.1 Å². The molecule has 0 fully saturated rings. The van der Waals surface area contributed by atoms with Crippen molar-refractivity contribution in [3.05, 3.63) is 101 Å². The lowest BCUT2D eigenvalue weighted by atomic mass is 9.99. The van der Waals surface area contributed by atoms with Gasteiger partial charge in [-0.2, -0.15) is 0 Å². The molecule has 0 saturated heterocycles. The van der Waals surface area contributed by atoms with Gasteiger partial charge in [-0.05, 0) is 72.5 Å². The molecule has 0 atom stereocenters. The summed E-state index contributed by atoms with van der Waals surface area (Å²) >= 11 is 0. The fourth-order valence-corrected chi connectivity index (χ4v) is 3.94. The van der Waals surface area contributed by atoms with Crippen LogP contribution in [-0.4, -0.2) is 15.9 Å². The number of hydrogen-bond donors (Lipinski definition) is 0. The van der Waals surface area contributed by atoms with Crippen LogP contribution in [0.15, 0.2) is 60.9 Å². The highest BCUT2D eigenvalue weighted by atomic mass is 19.3. The molecule has 1 heterocycles. The Balaban J connectivity index is 1.57. The van der Waals surface area contributed by atoms with Crippen LogP contribution in [-0.2, 0) is 6.42 Å². The highest BCUT2D eigenvalue weighted by Gasteiger charge is 2.24. The minimum absolute atomic E-state index is 0.0351. The first-order valence-electron chi connectivity index (χ1n) is 12.1. The van der Waals surface area contributed by atoms with E-state index in [1.165, 1.54) is 0 Å². The van der Waals surface area contributed by atoms with Crippen LogP contribution in [0.25, 0.3) is 22.5 Å². The maximum atomic E-state index is 15.0. The molecule has 1 aromatic heterocycles. The zero-order valence-electron chi connectivity index (χ0n) is 20.7. The van der Waals surface area contributed by atoms with Gasteiger partial charge in [0.25, 0.3) is 6.43 Å². The Labute approximate surface area is 220 Å². The largest absolute Gasteiger partial charge is 0.423 e. The van der Waals surface area contributed by atoms with Gasteiger partial charge in [-0.3, -0.25) is 0 Å². The molecule has 4 nitrogen and oxygen atoms in total. The van der Waals surface area contributed by atoms with Gasteiger partial charge in [0, 0.05) is 23.5 Å². The third-order valence-electron chi connectivity index (χ3n) is 5.95. The molecule has 10 heteroatoms. The summed E-state index contributed by atoms with van der Waals surface area (Å²) in [6.07, 6.45) is 4.27. The number of ether oxygens (including phenoxy) is 1. The number of halogens is 6. The molecular formula is C29H22F6N2O2. The lowest BCUT2D eigenvalue weighted by Crippen LogP contribution is -2.13. The minimum Gasteiger partial charge on any atom is -0.423 e. The number of alkyl halides is 2. The Morgan fingerprint density at radius 2 is 1.38 bits per heavy atom. The molecule has 4 rings (SSSR count). The lowest BCUT2D eigenvalue weighted by molar-refractivity contribution is 0.0724. The van der Waals surface area contributed by atoms with Crippen molar-refractivity contribution in [2.75, 3.05) is 0 Å². The molecule has 0 saturated carbocycles. The van der Waals surface area contributed by atoms with E-state index in [0.29, 0.717) is 12.1 Å². The Hall–Kier alpha value is -4.21. The Morgan fingerprint density at radius 3 is 1.92 bits per heavy atom. The number of carbonyl (C=O) groups is 1. The number of unbranched alkanes of at least 4 members (excludes halogenated alkanes) is 2. The van der Waals surface area contributed by atoms with E-state index in [1.807, 2.05) is 0 Å². The van der Waals surface area contributed by atoms with Crippen molar-refractivity contribution in [3.8, 4) is 28.3 Å². The standard InChI is InChI=1S/C29H22F6N2O2/c1-2-3-4-5-16-14-36-28(37-15-16)19-12-21(30)25(22(31)13-19)18-10-23(32)26(24(33)11-18)29(38)39-20-8-6-17(7-9-20)27(34)35/h6-15,27H,2-5H2,1H3. The average Bonchev–Trinajstić information content (AvgIpc) is 2.89. The normalized spacial score (nSPS) is 11.2. The van der Waals surface area contributed by atoms with E-state index in [2.05, 4.69) is 16.9 Å². The van der Waals surface area contributed by atoms with Crippen molar-refractivity contribution in [3.63, 3.8) is 0 Å². The Bertz CT molecular complexity index is 1430. The summed E-state index contributed by atoms with van der Waals surface area (Å²) in [4.78, 5) is 20.7. The third kappa shape index (κ3) is 6.45. The fraction of sp³-hybridized carbons (Fsp3) is 0.207. The monoisotopic (exact) mass is 544 g/mol. The second kappa shape index (κ2) is 12.1. The Morgan fingerprint density at radius 1 is 0.821 bits per heavy atom. The highest BCUT2D eigenvalue weighted by molar-refractivity contribution is 5.92. The van der Waals surface area contributed by atoms with Crippen molar-refractivity contribution >= 4 is 5.97 Å². The van der Waals surface area contributed by atoms with Gasteiger partial charge in [0.15, 0.2) is 5.82 Å². The number of nitrogens with zero attached hydrogens (tertiary/aromatic N) is 2. The SMILES string of the molecule is CCCCCc1cnc(-c2cc(F)c(-c3cc(F)c(C(=O)Oc4ccc(C(F)F)cc4)c(F)c3)c(F)c2)nc1. The number of carbonyl (C=O) groups excluding carboxylic acids is 1. The molecule has 0 radical (unpaired) electrons. The fourth-order valence-electron chi connectivity index (χ4n) is 3.94. The van der Waals surface area contributed by atoms with E-state index in [-0.39, 0.29) is 22.7 Å². The molecule has 39 heavy (non-hydrogen) atoms. The summed E-state index contributed by atoms with van der Waals surface area (Å²) in [5.74, 6) is -6.68. The lowest BCUT2D eigenvalue weighted by Gasteiger charge is -2.11. The van der Waals surface area contributed by atoms with Gasteiger partial charge in [-0.1, -0.05) is 19.8 Å². The van der Waals surface area contributed by atoms with Crippen LogP contribution in [0.1, 0.15) is 54.1 Å². The van der Waals surface area contributed by atoms with Crippen molar-refractivity contribution in [2.45, 2.75) is 39.0 Å². The van der Waals surface area contributed by atoms with Crippen LogP contribution < -0.4 is 4.74 Å². The average molecular weight is 544 g/mol. The van der Waals surface area contributed by atoms with Gasteiger partial charge in [-0.15, -0.1) is 0 Å². The first kappa shape index (κ1) is 27.8. The van der Waals surface area contributed by atoms with Crippen LogP contribution in [0.4, 0.5) is 26.3 Å². The number of benzene rings is 3. The predicted octanol–water partition coefficient (Wildman–Crippen LogP) is 8.26. The number of aryl methyl sites for hydroxylation is 1. The molecular weight excluding hydrogens is 522 g/mol. The van der Waals surface area contributed by atoms with Crippen LogP contribution in [0.2, 0.25) is 0 Å². The van der Waals surface area contributed by atoms with Crippen molar-refractivity contribution in [2.24, 2.45) is 0 Å². The topological polar surface area (TPSA) is 52.1 Å². The minimum atomic E-state index is -2.75. The molecule has 0 aliphatic carbocycles. The molecule has 0 N–H and O–H groups in total. The summed E-state index contributed by atoms with van der Waals surface area (Å²) in [6, 6.07) is 7.16. The van der Waals surface area contributed by atoms with E-state index >= 15 is 0 Å². The van der Waals surface area contributed by atoms with Crippen molar-refractivity contribution in [1.82, 2.24) is 9.97 Å². The zero-order chi connectivity index (χ0) is 28.1. The van der Waals surface area contributed by atoms with Gasteiger partial charge in [0.1, 0.15) is 34.6 Å². The first-order valence-corrected chi connectivity index (χ1v) is 12.1. The second-order valence-corrected chi connectivity index (χ2v) is 8.76. The molecule has 3 aromatic carbocycles. The van der Waals surface area contributed by atoms with Gasteiger partial charge in [-0.25, -0.2) is 41.1 Å². The van der Waals surface area contributed by atoms with Crippen LogP contribution >= 0.6 is 0 Å². The van der Waals surface area contributed by atoms with Gasteiger partial charge in [0.2, 0.25) is 0 Å². The number of hydrogen-bond acceptors (Lipinski definition) is 4. The van der Waals surface area contributed by atoms with E-state index in [4.69, 9.17) is 4.74 Å². The summed E-state index contributed by atoms with van der Waals surface area (Å²) in [7, 11) is 0. The third-order valence-corrected chi connectivity index (χ3v) is 5.95. The van der Waals surface area contributed by atoms with Crippen LogP contribution in [0.5, 0.6) is 5.75 Å². The van der Waals surface area contributed by atoms with Crippen LogP contribution in [0.3, 0.4) is 0 Å². The number of aromatic nitrogens is 2. The summed E-state index contributed by atoms with van der Waals surface area (Å²) in [6.45, 7) is 2.08. The maximum absolute atomic E-state index is 15.0. The van der Waals surface area contributed by atoms with Crippen molar-refractivity contribution < 1.29 is 35.9 Å². The Kier molecular flexibility index (Phi) is 8.63. The van der Waals surface area contributed by atoms with Gasteiger partial charge in [0.05, 0.1) is 5.56 Å². The smallest absolute Gasteiger partial charge is 0.349 e. The number of esters is 1. The van der Waals surface area contributed by atoms with Gasteiger partial charge < -0.3 is 4.74 Å². The molecule has 0 amide bonds. The molecule has 4 aromatic rings.